The highest BCUT2D eigenvalue weighted by molar-refractivity contribution is 8.03. The third kappa shape index (κ3) is 7.42. The Kier molecular flexibility index (Phi) is 11.5. The normalized spacial score (nSPS) is 26.8. The van der Waals surface area contributed by atoms with Crippen LogP contribution in [0.5, 0.6) is 0 Å². The summed E-state index contributed by atoms with van der Waals surface area (Å²) >= 11 is 3.76. The summed E-state index contributed by atoms with van der Waals surface area (Å²) in [6, 6.07) is 0.736. The van der Waals surface area contributed by atoms with Crippen molar-refractivity contribution in [2.75, 3.05) is 25.1 Å². The van der Waals surface area contributed by atoms with Crippen LogP contribution in [0, 0.1) is 5.41 Å². The molecule has 3 N–H and O–H groups in total. The van der Waals surface area contributed by atoms with Crippen LogP contribution >= 0.6 is 23.5 Å². The fourth-order valence-electron chi connectivity index (χ4n) is 5.49. The van der Waals surface area contributed by atoms with Gasteiger partial charge in [-0.25, -0.2) is 0 Å². The largest absolute Gasteiger partial charge is 0.353 e. The number of thioether (sulfide) groups is 2. The fraction of sp³-hybridized carbons (Fsp3) is 0.667. The minimum atomic E-state index is 0.0324. The molecule has 200 valence electrons. The van der Waals surface area contributed by atoms with Gasteiger partial charge in [0.2, 0.25) is 18.7 Å². The van der Waals surface area contributed by atoms with E-state index < -0.39 is 0 Å². The number of hydrogen-bond donors (Lipinski definition) is 3. The van der Waals surface area contributed by atoms with Crippen LogP contribution in [0.4, 0.5) is 0 Å². The lowest BCUT2D eigenvalue weighted by Crippen LogP contribution is -2.38. The lowest BCUT2D eigenvalue weighted by atomic mass is 9.79. The van der Waals surface area contributed by atoms with Crippen molar-refractivity contribution >= 4 is 42.3 Å². The van der Waals surface area contributed by atoms with Crippen molar-refractivity contribution in [2.24, 2.45) is 5.41 Å². The first-order chi connectivity index (χ1) is 17.4. The van der Waals surface area contributed by atoms with E-state index in [1.54, 1.807) is 7.05 Å². The Balaban J connectivity index is 0.000000233. The second-order valence-electron chi connectivity index (χ2n) is 10.1. The maximum atomic E-state index is 11.5. The minimum Gasteiger partial charge on any atom is -0.353 e. The number of fused-ring (bicyclic) bond motifs is 1. The molecule has 2 heterocycles. The average molecular weight is 535 g/mol. The van der Waals surface area contributed by atoms with Crippen molar-refractivity contribution in [2.45, 2.75) is 82.3 Å². The van der Waals surface area contributed by atoms with Gasteiger partial charge in [-0.3, -0.25) is 14.4 Å². The molecule has 0 aromatic rings. The zero-order valence-corrected chi connectivity index (χ0v) is 23.5. The van der Waals surface area contributed by atoms with E-state index in [2.05, 4.69) is 47.2 Å². The molecular formula is C27H42N4O3S2. The Hall–Kier alpha value is -1.71. The molecule has 0 saturated carbocycles. The summed E-state index contributed by atoms with van der Waals surface area (Å²) in [5.41, 5.74) is 1.60. The molecule has 4 atom stereocenters. The van der Waals surface area contributed by atoms with Gasteiger partial charge in [0.25, 0.3) is 0 Å². The molecule has 7 nitrogen and oxygen atoms in total. The van der Waals surface area contributed by atoms with E-state index in [0.717, 1.165) is 69.3 Å². The van der Waals surface area contributed by atoms with Crippen LogP contribution in [-0.2, 0) is 14.4 Å². The van der Waals surface area contributed by atoms with E-state index in [9.17, 15) is 14.4 Å². The monoisotopic (exact) mass is 534 g/mol. The summed E-state index contributed by atoms with van der Waals surface area (Å²) in [6.45, 7) is 4.57. The number of carbonyl (C=O) groups excluding carboxylic acids is 3. The van der Waals surface area contributed by atoms with Crippen LogP contribution in [0.25, 0.3) is 0 Å². The van der Waals surface area contributed by atoms with Crippen molar-refractivity contribution in [1.82, 2.24) is 20.9 Å². The second-order valence-corrected chi connectivity index (χ2v) is 12.5. The number of amides is 3. The van der Waals surface area contributed by atoms with Gasteiger partial charge >= 0.3 is 0 Å². The molecule has 0 aromatic carbocycles. The van der Waals surface area contributed by atoms with Crippen LogP contribution in [0.3, 0.4) is 0 Å². The van der Waals surface area contributed by atoms with Crippen molar-refractivity contribution in [3.63, 3.8) is 0 Å². The zero-order chi connectivity index (χ0) is 26.0. The summed E-state index contributed by atoms with van der Waals surface area (Å²) in [5.74, 6) is 2.10. The maximum absolute atomic E-state index is 11.5. The van der Waals surface area contributed by atoms with Crippen molar-refractivity contribution in [1.29, 1.82) is 0 Å². The molecule has 1 spiro atoms. The highest BCUT2D eigenvalue weighted by atomic mass is 32.2. The van der Waals surface area contributed by atoms with Gasteiger partial charge in [0, 0.05) is 28.2 Å². The lowest BCUT2D eigenvalue weighted by molar-refractivity contribution is -0.121. The molecule has 2 aliphatic heterocycles. The molecule has 3 amide bonds. The number of likely N-dealkylation sites (tertiary alicyclic amines) is 1. The van der Waals surface area contributed by atoms with E-state index in [4.69, 9.17) is 0 Å². The molecule has 0 bridgehead atoms. The number of nitrogens with zero attached hydrogens (tertiary/aromatic N) is 1. The van der Waals surface area contributed by atoms with Crippen LogP contribution in [-0.4, -0.2) is 72.2 Å². The summed E-state index contributed by atoms with van der Waals surface area (Å²) < 4.78 is 0. The molecule has 2 saturated heterocycles. The first-order valence-corrected chi connectivity index (χ1v) is 15.1. The Morgan fingerprint density at radius 1 is 1.28 bits per heavy atom. The quantitative estimate of drug-likeness (QED) is 0.293. The smallest absolute Gasteiger partial charge is 0.234 e. The lowest BCUT2D eigenvalue weighted by Gasteiger charge is -2.30. The van der Waals surface area contributed by atoms with E-state index in [-0.39, 0.29) is 28.8 Å². The molecule has 36 heavy (non-hydrogen) atoms. The predicted molar refractivity (Wildman–Crippen MR) is 151 cm³/mol. The third-order valence-electron chi connectivity index (χ3n) is 7.64. The predicted octanol–water partition coefficient (Wildman–Crippen LogP) is 3.59. The molecule has 4 aliphatic rings. The first-order valence-electron chi connectivity index (χ1n) is 13.1. The van der Waals surface area contributed by atoms with Gasteiger partial charge in [0.15, 0.2) is 0 Å². The molecule has 0 radical (unpaired) electrons. The first kappa shape index (κ1) is 28.9. The van der Waals surface area contributed by atoms with Gasteiger partial charge in [-0.2, -0.15) is 0 Å². The summed E-state index contributed by atoms with van der Waals surface area (Å²) in [6.07, 6.45) is 18.4. The molecule has 2 fully saturated rings. The molecule has 4 unspecified atom stereocenters. The van der Waals surface area contributed by atoms with Gasteiger partial charge in [-0.05, 0) is 77.2 Å². The van der Waals surface area contributed by atoms with Crippen LogP contribution in [0.15, 0.2) is 34.8 Å². The zero-order valence-electron chi connectivity index (χ0n) is 21.8. The highest BCUT2D eigenvalue weighted by Crippen LogP contribution is 2.51. The van der Waals surface area contributed by atoms with Crippen LogP contribution in [0.1, 0.15) is 58.8 Å². The highest BCUT2D eigenvalue weighted by Gasteiger charge is 2.49. The number of rotatable bonds is 10. The van der Waals surface area contributed by atoms with Crippen molar-refractivity contribution < 1.29 is 14.4 Å². The Morgan fingerprint density at radius 2 is 2.03 bits per heavy atom. The topological polar surface area (TPSA) is 90.5 Å². The number of hydrogen-bond acceptors (Lipinski definition) is 6. The third-order valence-corrected chi connectivity index (χ3v) is 10.1. The van der Waals surface area contributed by atoms with E-state index in [0.29, 0.717) is 12.6 Å². The maximum Gasteiger partial charge on any atom is 0.234 e. The standard InChI is InChI=1S/C17H29N3O2S.C10H13NOS/c1-13(19-15(22)11-18-3)6-9-23-16-10-17(7-4-5-8-17)14(2)20(16)12-21;12-7-11-9-5-6-13-10-4-2-1-3-8(9)10/h4-5,12-14,16,18H,6-11H2,1-3H3,(H,19,22);3-4,7,9H,1-2,5-6H2,(H,11,12). The molecular weight excluding hydrogens is 492 g/mol. The summed E-state index contributed by atoms with van der Waals surface area (Å²) in [7, 11) is 1.77. The summed E-state index contributed by atoms with van der Waals surface area (Å²) in [4.78, 5) is 36.8. The van der Waals surface area contributed by atoms with Gasteiger partial charge in [-0.1, -0.05) is 24.3 Å². The van der Waals surface area contributed by atoms with Crippen LogP contribution in [0.2, 0.25) is 0 Å². The van der Waals surface area contributed by atoms with Crippen LogP contribution < -0.4 is 16.0 Å². The van der Waals surface area contributed by atoms with Gasteiger partial charge in [0.1, 0.15) is 0 Å². The van der Waals surface area contributed by atoms with Crippen molar-refractivity contribution in [3.8, 4) is 0 Å². The van der Waals surface area contributed by atoms with E-state index >= 15 is 0 Å². The molecule has 4 rings (SSSR count). The average Bonchev–Trinajstić information content (AvgIpc) is 3.44. The van der Waals surface area contributed by atoms with E-state index in [1.807, 2.05) is 35.3 Å². The Labute approximate surface area is 224 Å². The number of nitrogens with one attached hydrogen (secondary N) is 3. The Morgan fingerprint density at radius 3 is 2.72 bits per heavy atom. The number of carbonyl (C=O) groups is 3. The SMILES string of the molecule is CNCC(=O)NC(C)CCSC1CC2(CC=CC2)C(C)N1C=O.O=CNC1CCSC2=CCCC=C21. The number of likely N-dealkylation sites (N-methyl/N-ethyl adjacent to an activating group) is 1. The molecule has 9 heteroatoms. The van der Waals surface area contributed by atoms with Gasteiger partial charge in [0.05, 0.1) is 18.0 Å². The number of allylic oxidation sites excluding steroid dienone is 4. The van der Waals surface area contributed by atoms with Crippen molar-refractivity contribution in [3.05, 3.63) is 34.8 Å². The van der Waals surface area contributed by atoms with Gasteiger partial charge < -0.3 is 20.9 Å². The molecule has 0 aromatic heterocycles. The second kappa shape index (κ2) is 14.3. The minimum absolute atomic E-state index is 0.0324. The molecule has 2 aliphatic carbocycles. The fourth-order valence-corrected chi connectivity index (χ4v) is 8.30. The van der Waals surface area contributed by atoms with Gasteiger partial charge in [-0.15, -0.1) is 23.5 Å². The summed E-state index contributed by atoms with van der Waals surface area (Å²) in [5, 5.41) is 8.98. The Bertz CT molecular complexity index is 852. The van der Waals surface area contributed by atoms with E-state index in [1.165, 1.54) is 10.5 Å².